The van der Waals surface area contributed by atoms with Crippen molar-refractivity contribution in [2.45, 2.75) is 50.8 Å². The van der Waals surface area contributed by atoms with Crippen LogP contribution in [0.1, 0.15) is 44.2 Å². The van der Waals surface area contributed by atoms with Crippen LogP contribution in [-0.4, -0.2) is 19.3 Å². The second-order valence-corrected chi connectivity index (χ2v) is 5.15. The fourth-order valence-corrected chi connectivity index (χ4v) is 2.69. The Morgan fingerprint density at radius 1 is 1.28 bits per heavy atom. The second-order valence-electron chi connectivity index (χ2n) is 5.15. The van der Waals surface area contributed by atoms with Gasteiger partial charge in [-0.25, -0.2) is 4.39 Å². The zero-order valence-corrected chi connectivity index (χ0v) is 11.2. The predicted octanol–water partition coefficient (Wildman–Crippen LogP) is 3.43. The van der Waals surface area contributed by atoms with Gasteiger partial charge in [-0.15, -0.1) is 0 Å². The van der Waals surface area contributed by atoms with E-state index in [4.69, 9.17) is 4.74 Å². The van der Waals surface area contributed by atoms with E-state index in [1.54, 1.807) is 19.2 Å². The molecule has 1 aromatic carbocycles. The lowest BCUT2D eigenvalue weighted by Crippen LogP contribution is -2.36. The standard InChI is InChI=1S/C15H22FNO/c1-11(12-4-3-5-13(16)10-12)17-14-6-8-15(18-2)9-7-14/h3-5,10-11,14-15,17H,6-9H2,1-2H3. The average Bonchev–Trinajstić information content (AvgIpc) is 2.39. The van der Waals surface area contributed by atoms with E-state index in [9.17, 15) is 4.39 Å². The van der Waals surface area contributed by atoms with Crippen LogP contribution in [0.15, 0.2) is 24.3 Å². The van der Waals surface area contributed by atoms with Gasteiger partial charge in [-0.1, -0.05) is 12.1 Å². The van der Waals surface area contributed by atoms with Crippen LogP contribution in [0.2, 0.25) is 0 Å². The molecule has 0 radical (unpaired) electrons. The molecule has 1 aromatic rings. The van der Waals surface area contributed by atoms with Crippen molar-refractivity contribution in [3.63, 3.8) is 0 Å². The van der Waals surface area contributed by atoms with E-state index in [0.29, 0.717) is 12.1 Å². The minimum absolute atomic E-state index is 0.163. The first-order chi connectivity index (χ1) is 8.69. The van der Waals surface area contributed by atoms with Crippen LogP contribution in [0.3, 0.4) is 0 Å². The lowest BCUT2D eigenvalue weighted by atomic mass is 9.92. The summed E-state index contributed by atoms with van der Waals surface area (Å²) in [7, 11) is 1.79. The molecule has 1 atom stereocenters. The maximum Gasteiger partial charge on any atom is 0.123 e. The molecule has 1 fully saturated rings. The van der Waals surface area contributed by atoms with Crippen molar-refractivity contribution in [1.29, 1.82) is 0 Å². The third-order valence-corrected chi connectivity index (χ3v) is 3.84. The molecule has 1 saturated carbocycles. The minimum Gasteiger partial charge on any atom is -0.381 e. The quantitative estimate of drug-likeness (QED) is 0.885. The molecular weight excluding hydrogens is 229 g/mol. The minimum atomic E-state index is -0.163. The van der Waals surface area contributed by atoms with E-state index in [1.165, 1.54) is 6.07 Å². The molecule has 3 heteroatoms. The molecule has 100 valence electrons. The first-order valence-corrected chi connectivity index (χ1v) is 6.73. The van der Waals surface area contributed by atoms with Crippen LogP contribution >= 0.6 is 0 Å². The van der Waals surface area contributed by atoms with Crippen molar-refractivity contribution < 1.29 is 9.13 Å². The van der Waals surface area contributed by atoms with Crippen LogP contribution in [0.5, 0.6) is 0 Å². The second kappa shape index (κ2) is 6.30. The maximum atomic E-state index is 13.2. The van der Waals surface area contributed by atoms with E-state index in [-0.39, 0.29) is 11.9 Å². The number of benzene rings is 1. The molecule has 1 aliphatic rings. The van der Waals surface area contributed by atoms with Crippen LogP contribution in [-0.2, 0) is 4.74 Å². The van der Waals surface area contributed by atoms with Crippen molar-refractivity contribution >= 4 is 0 Å². The molecule has 0 aliphatic heterocycles. The summed E-state index contributed by atoms with van der Waals surface area (Å²) in [5.74, 6) is -0.163. The first kappa shape index (κ1) is 13.5. The Bertz CT molecular complexity index is 375. The van der Waals surface area contributed by atoms with Gasteiger partial charge >= 0.3 is 0 Å². The summed E-state index contributed by atoms with van der Waals surface area (Å²) in [4.78, 5) is 0. The van der Waals surface area contributed by atoms with Gasteiger partial charge in [-0.05, 0) is 50.3 Å². The number of rotatable bonds is 4. The fraction of sp³-hybridized carbons (Fsp3) is 0.600. The Morgan fingerprint density at radius 2 is 2.00 bits per heavy atom. The van der Waals surface area contributed by atoms with Gasteiger partial charge in [0, 0.05) is 19.2 Å². The van der Waals surface area contributed by atoms with Crippen molar-refractivity contribution in [1.82, 2.24) is 5.32 Å². The third-order valence-electron chi connectivity index (χ3n) is 3.84. The summed E-state index contributed by atoms with van der Waals surface area (Å²) in [6.45, 7) is 2.09. The Labute approximate surface area is 109 Å². The number of methoxy groups -OCH3 is 1. The molecule has 18 heavy (non-hydrogen) atoms. The molecule has 0 bridgehead atoms. The Kier molecular flexibility index (Phi) is 4.72. The van der Waals surface area contributed by atoms with Crippen molar-refractivity contribution in [2.75, 3.05) is 7.11 Å². The van der Waals surface area contributed by atoms with E-state index in [2.05, 4.69) is 12.2 Å². The molecule has 0 spiro atoms. The van der Waals surface area contributed by atoms with Gasteiger partial charge in [0.15, 0.2) is 0 Å². The molecule has 1 unspecified atom stereocenters. The predicted molar refractivity (Wildman–Crippen MR) is 71.0 cm³/mol. The highest BCUT2D eigenvalue weighted by atomic mass is 19.1. The number of nitrogens with one attached hydrogen (secondary N) is 1. The number of hydrogen-bond acceptors (Lipinski definition) is 2. The lowest BCUT2D eigenvalue weighted by molar-refractivity contribution is 0.0614. The summed E-state index contributed by atoms with van der Waals surface area (Å²) >= 11 is 0. The molecular formula is C15H22FNO. The molecule has 0 amide bonds. The summed E-state index contributed by atoms with van der Waals surface area (Å²) in [5.41, 5.74) is 1.02. The van der Waals surface area contributed by atoms with Crippen LogP contribution in [0.4, 0.5) is 4.39 Å². The summed E-state index contributed by atoms with van der Waals surface area (Å²) < 4.78 is 18.5. The van der Waals surface area contributed by atoms with Crippen LogP contribution in [0, 0.1) is 5.82 Å². The molecule has 2 nitrogen and oxygen atoms in total. The largest absolute Gasteiger partial charge is 0.381 e. The van der Waals surface area contributed by atoms with Gasteiger partial charge in [0.05, 0.1) is 6.10 Å². The average molecular weight is 251 g/mol. The fourth-order valence-electron chi connectivity index (χ4n) is 2.69. The summed E-state index contributed by atoms with van der Waals surface area (Å²) in [5, 5.41) is 3.58. The maximum absolute atomic E-state index is 13.2. The van der Waals surface area contributed by atoms with Gasteiger partial charge in [0.1, 0.15) is 5.82 Å². The number of ether oxygens (including phenoxy) is 1. The van der Waals surface area contributed by atoms with Crippen molar-refractivity contribution in [3.8, 4) is 0 Å². The monoisotopic (exact) mass is 251 g/mol. The molecule has 0 saturated heterocycles. The number of hydrogen-bond donors (Lipinski definition) is 1. The van der Waals surface area contributed by atoms with Gasteiger partial charge in [-0.2, -0.15) is 0 Å². The molecule has 2 rings (SSSR count). The topological polar surface area (TPSA) is 21.3 Å². The Hall–Kier alpha value is -0.930. The normalized spacial score (nSPS) is 25.9. The van der Waals surface area contributed by atoms with Crippen molar-refractivity contribution in [2.24, 2.45) is 0 Å². The number of halogens is 1. The van der Waals surface area contributed by atoms with Gasteiger partial charge in [0.2, 0.25) is 0 Å². The van der Waals surface area contributed by atoms with Crippen LogP contribution in [0.25, 0.3) is 0 Å². The molecule has 1 N–H and O–H groups in total. The highest BCUT2D eigenvalue weighted by Gasteiger charge is 2.22. The van der Waals surface area contributed by atoms with Gasteiger partial charge < -0.3 is 10.1 Å². The van der Waals surface area contributed by atoms with E-state index < -0.39 is 0 Å². The Balaban J connectivity index is 1.86. The van der Waals surface area contributed by atoms with Gasteiger partial charge in [-0.3, -0.25) is 0 Å². The molecule has 0 heterocycles. The lowest BCUT2D eigenvalue weighted by Gasteiger charge is -2.30. The summed E-state index contributed by atoms with van der Waals surface area (Å²) in [6, 6.07) is 7.56. The van der Waals surface area contributed by atoms with E-state index in [1.807, 2.05) is 6.07 Å². The van der Waals surface area contributed by atoms with Crippen molar-refractivity contribution in [3.05, 3.63) is 35.6 Å². The molecule has 1 aliphatic carbocycles. The zero-order valence-electron chi connectivity index (χ0n) is 11.2. The SMILES string of the molecule is COC1CCC(NC(C)c2cccc(F)c2)CC1. The third kappa shape index (κ3) is 3.53. The highest BCUT2D eigenvalue weighted by Crippen LogP contribution is 2.23. The van der Waals surface area contributed by atoms with E-state index in [0.717, 1.165) is 31.2 Å². The van der Waals surface area contributed by atoms with E-state index >= 15 is 0 Å². The summed E-state index contributed by atoms with van der Waals surface area (Å²) in [6.07, 6.45) is 4.93. The zero-order chi connectivity index (χ0) is 13.0. The van der Waals surface area contributed by atoms with Crippen LogP contribution < -0.4 is 5.32 Å². The molecule has 0 aromatic heterocycles. The smallest absolute Gasteiger partial charge is 0.123 e. The Morgan fingerprint density at radius 3 is 2.61 bits per heavy atom. The first-order valence-electron chi connectivity index (χ1n) is 6.73. The highest BCUT2D eigenvalue weighted by molar-refractivity contribution is 5.19. The van der Waals surface area contributed by atoms with Gasteiger partial charge in [0.25, 0.3) is 0 Å².